The van der Waals surface area contributed by atoms with Gasteiger partial charge < -0.3 is 10.8 Å². The van der Waals surface area contributed by atoms with E-state index in [1.165, 1.54) is 38.5 Å². The predicted octanol–water partition coefficient (Wildman–Crippen LogP) is 6.98. The van der Waals surface area contributed by atoms with Crippen molar-refractivity contribution in [2.75, 3.05) is 11.5 Å². The molecule has 8 atom stereocenters. The van der Waals surface area contributed by atoms with Crippen molar-refractivity contribution in [3.05, 3.63) is 30.0 Å². The number of nitrogens with zero attached hydrogens (tertiary/aromatic N) is 1. The molecule has 3 nitrogen and oxygen atoms in total. The third-order valence-corrected chi connectivity index (χ3v) is 12.6. The Bertz CT molecular complexity index is 875. The summed E-state index contributed by atoms with van der Waals surface area (Å²) in [6, 6.07) is 3.84. The van der Waals surface area contributed by atoms with E-state index in [1.807, 2.05) is 34.7 Å². The van der Waals surface area contributed by atoms with Crippen molar-refractivity contribution in [1.29, 1.82) is 0 Å². The van der Waals surface area contributed by atoms with E-state index >= 15 is 0 Å². The molecule has 0 aliphatic heterocycles. The lowest BCUT2D eigenvalue weighted by Crippen LogP contribution is -2.50. The van der Waals surface area contributed by atoms with Gasteiger partial charge in [0.15, 0.2) is 0 Å². The number of aliphatic hydroxyl groups is 1. The van der Waals surface area contributed by atoms with Gasteiger partial charge in [-0.2, -0.15) is 0 Å². The van der Waals surface area contributed by atoms with Gasteiger partial charge in [0.25, 0.3) is 0 Å². The van der Waals surface area contributed by atoms with Gasteiger partial charge in [0.2, 0.25) is 0 Å². The van der Waals surface area contributed by atoms with E-state index in [1.54, 1.807) is 10.8 Å². The first kappa shape index (κ1) is 23.1. The van der Waals surface area contributed by atoms with Gasteiger partial charge in [-0.3, -0.25) is 0 Å². The van der Waals surface area contributed by atoms with Crippen LogP contribution in [0.2, 0.25) is 0 Å². The number of nitrogens with two attached hydrogens (primary N) is 1. The topological polar surface area (TPSA) is 59.1 Å². The third kappa shape index (κ3) is 3.84. The molecule has 3 fully saturated rings. The molecule has 0 spiro atoms. The van der Waals surface area contributed by atoms with Gasteiger partial charge in [0.1, 0.15) is 5.03 Å². The van der Waals surface area contributed by atoms with Crippen molar-refractivity contribution in [2.45, 2.75) is 83.3 Å². The third-order valence-electron chi connectivity index (χ3n) is 10.1. The second-order valence-electron chi connectivity index (χ2n) is 11.6. The number of hydrogen-bond acceptors (Lipinski definition) is 5. The lowest BCUT2D eigenvalue weighted by Gasteiger charge is -2.57. The fraction of sp³-hybridized carbons (Fsp3) is 0.741. The summed E-state index contributed by atoms with van der Waals surface area (Å²) in [6.45, 7) is 7.67. The summed E-state index contributed by atoms with van der Waals surface area (Å²) in [5.74, 6) is 4.91. The average Bonchev–Trinajstić information content (AvgIpc) is 3.13. The molecule has 5 rings (SSSR count). The van der Waals surface area contributed by atoms with E-state index in [0.29, 0.717) is 22.7 Å². The maximum absolute atomic E-state index is 10.3. The molecule has 5 heteroatoms. The number of anilines is 1. The lowest BCUT2D eigenvalue weighted by atomic mass is 9.47. The van der Waals surface area contributed by atoms with Crippen LogP contribution in [0, 0.1) is 40.4 Å². The average molecular weight is 473 g/mol. The fourth-order valence-electron chi connectivity index (χ4n) is 8.25. The number of hydrogen-bond donors (Lipinski definition) is 2. The monoisotopic (exact) mass is 472 g/mol. The van der Waals surface area contributed by atoms with E-state index in [9.17, 15) is 5.11 Å². The highest BCUT2D eigenvalue weighted by atomic mass is 33.1. The number of pyridine rings is 1. The van der Waals surface area contributed by atoms with Crippen LogP contribution in [0.4, 0.5) is 5.69 Å². The van der Waals surface area contributed by atoms with Crippen LogP contribution in [0.1, 0.15) is 72.1 Å². The largest absolute Gasteiger partial charge is 0.397 e. The molecule has 4 unspecified atom stereocenters. The molecule has 1 aromatic heterocycles. The highest BCUT2D eigenvalue weighted by Crippen LogP contribution is 2.66. The first-order valence-electron chi connectivity index (χ1n) is 12.7. The number of allylic oxidation sites excluding steroid dienone is 2. The van der Waals surface area contributed by atoms with Crippen molar-refractivity contribution in [1.82, 2.24) is 4.98 Å². The van der Waals surface area contributed by atoms with Crippen molar-refractivity contribution in [2.24, 2.45) is 40.4 Å². The van der Waals surface area contributed by atoms with Gasteiger partial charge in [-0.05, 0) is 115 Å². The highest BCUT2D eigenvalue weighted by molar-refractivity contribution is 8.76. The van der Waals surface area contributed by atoms with E-state index in [0.717, 1.165) is 47.1 Å². The summed E-state index contributed by atoms with van der Waals surface area (Å²) >= 11 is 0. The lowest BCUT2D eigenvalue weighted by molar-refractivity contribution is -0.0419. The molecular formula is C27H40N2OS2. The van der Waals surface area contributed by atoms with Crippen LogP contribution >= 0.6 is 21.6 Å². The Labute approximate surface area is 202 Å². The smallest absolute Gasteiger partial charge is 0.129 e. The van der Waals surface area contributed by atoms with Crippen molar-refractivity contribution >= 4 is 27.3 Å². The normalized spacial score (nSPS) is 41.9. The maximum atomic E-state index is 10.3. The van der Waals surface area contributed by atoms with E-state index in [4.69, 9.17) is 5.73 Å². The number of fused-ring (bicyclic) bond motifs is 5. The van der Waals surface area contributed by atoms with Gasteiger partial charge in [-0.15, -0.1) is 0 Å². The van der Waals surface area contributed by atoms with Crippen LogP contribution in [-0.4, -0.2) is 21.9 Å². The quantitative estimate of drug-likeness (QED) is 0.357. The summed E-state index contributed by atoms with van der Waals surface area (Å²) < 4.78 is 0. The summed E-state index contributed by atoms with van der Waals surface area (Å²) in [5.41, 5.74) is 9.56. The molecule has 1 heterocycles. The Morgan fingerprint density at radius 3 is 2.75 bits per heavy atom. The molecule has 0 bridgehead atoms. The van der Waals surface area contributed by atoms with Crippen molar-refractivity contribution in [3.63, 3.8) is 0 Å². The Kier molecular flexibility index (Phi) is 6.39. The summed E-state index contributed by atoms with van der Waals surface area (Å²) in [7, 11) is 3.67. The Balaban J connectivity index is 1.27. The van der Waals surface area contributed by atoms with E-state index in [2.05, 4.69) is 31.8 Å². The van der Waals surface area contributed by atoms with Crippen molar-refractivity contribution < 1.29 is 5.11 Å². The van der Waals surface area contributed by atoms with Crippen LogP contribution in [0.3, 0.4) is 0 Å². The minimum absolute atomic E-state index is 0.0644. The minimum atomic E-state index is -0.0644. The van der Waals surface area contributed by atoms with Crippen LogP contribution in [-0.2, 0) is 0 Å². The summed E-state index contributed by atoms with van der Waals surface area (Å²) in [4.78, 5) is 4.44. The molecular weight excluding hydrogens is 432 g/mol. The Morgan fingerprint density at radius 1 is 1.16 bits per heavy atom. The molecule has 4 aliphatic rings. The van der Waals surface area contributed by atoms with Crippen LogP contribution < -0.4 is 5.73 Å². The van der Waals surface area contributed by atoms with Crippen LogP contribution in [0.25, 0.3) is 0 Å². The first-order chi connectivity index (χ1) is 15.3. The molecule has 32 heavy (non-hydrogen) atoms. The molecule has 4 aliphatic carbocycles. The zero-order valence-corrected chi connectivity index (χ0v) is 21.6. The second kappa shape index (κ2) is 8.85. The van der Waals surface area contributed by atoms with E-state index < -0.39 is 0 Å². The number of aliphatic hydroxyl groups excluding tert-OH is 1. The highest BCUT2D eigenvalue weighted by Gasteiger charge is 2.58. The molecule has 3 saturated carbocycles. The molecule has 0 amide bonds. The molecule has 3 N–H and O–H groups in total. The molecule has 0 aromatic carbocycles. The maximum Gasteiger partial charge on any atom is 0.129 e. The summed E-state index contributed by atoms with van der Waals surface area (Å²) in [6.07, 6.45) is 14.4. The van der Waals surface area contributed by atoms with Gasteiger partial charge >= 0.3 is 0 Å². The van der Waals surface area contributed by atoms with Gasteiger partial charge in [0.05, 0.1) is 11.8 Å². The van der Waals surface area contributed by atoms with Crippen LogP contribution in [0.15, 0.2) is 35.0 Å². The van der Waals surface area contributed by atoms with Gasteiger partial charge in [-0.25, -0.2) is 4.98 Å². The number of rotatable bonds is 5. The SMILES string of the molecule is C[C@H](CSSc1ncccc1N)C1CCC2C3=CCC4C[C@@H](O)CC[C@]4(C)C3CC[C@@]21C. The zero-order valence-electron chi connectivity index (χ0n) is 19.9. The Morgan fingerprint density at radius 2 is 1.94 bits per heavy atom. The van der Waals surface area contributed by atoms with Crippen molar-refractivity contribution in [3.8, 4) is 0 Å². The zero-order chi connectivity index (χ0) is 22.5. The Hall–Kier alpha value is -0.650. The number of nitrogen functional groups attached to an aromatic ring is 1. The predicted molar refractivity (Wildman–Crippen MR) is 137 cm³/mol. The number of aromatic nitrogens is 1. The van der Waals surface area contributed by atoms with Gasteiger partial charge in [0, 0.05) is 11.9 Å². The van der Waals surface area contributed by atoms with Crippen LogP contribution in [0.5, 0.6) is 0 Å². The standard InChI is InChI=1S/C27H40N2OS2/c1-17(16-31-32-25-24(28)5-4-14-29-25)21-8-9-22-20-7-6-18-15-19(30)10-12-26(18,2)23(20)11-13-27(21,22)3/h4-5,7,14,17-19,21-23,30H,6,8-13,15-16,28H2,1-3H3/t17-,18?,19+,21?,22?,23?,26+,27-/m1/s1. The second-order valence-corrected chi connectivity index (χ2v) is 14.0. The summed E-state index contributed by atoms with van der Waals surface area (Å²) in [5, 5.41) is 11.2. The van der Waals surface area contributed by atoms with E-state index in [-0.39, 0.29) is 6.10 Å². The first-order valence-corrected chi connectivity index (χ1v) is 15.0. The molecule has 0 radical (unpaired) electrons. The fourth-order valence-corrected chi connectivity index (χ4v) is 10.7. The molecule has 0 saturated heterocycles. The van der Waals surface area contributed by atoms with Gasteiger partial charge in [-0.1, -0.05) is 43.2 Å². The molecule has 1 aromatic rings. The molecule has 176 valence electrons. The minimum Gasteiger partial charge on any atom is -0.397 e.